The minimum atomic E-state index is -0.645. The summed E-state index contributed by atoms with van der Waals surface area (Å²) in [6, 6.07) is 0.757. The van der Waals surface area contributed by atoms with E-state index in [4.69, 9.17) is 0 Å². The van der Waals surface area contributed by atoms with Crippen molar-refractivity contribution in [3.63, 3.8) is 0 Å². The molecule has 1 saturated carbocycles. The minimum absolute atomic E-state index is 0.319. The highest BCUT2D eigenvalue weighted by molar-refractivity contribution is 5.74. The van der Waals surface area contributed by atoms with Crippen LogP contribution < -0.4 is 0 Å². The van der Waals surface area contributed by atoms with Gasteiger partial charge in [-0.05, 0) is 52.0 Å². The van der Waals surface area contributed by atoms with Crippen LogP contribution in [0.5, 0.6) is 0 Å². The maximum atomic E-state index is 11.3. The molecule has 0 bridgehead atoms. The molecule has 1 aliphatic carbocycles. The van der Waals surface area contributed by atoms with E-state index in [1.807, 2.05) is 13.8 Å². The van der Waals surface area contributed by atoms with E-state index in [9.17, 15) is 9.90 Å². The molecule has 2 fully saturated rings. The van der Waals surface area contributed by atoms with Crippen LogP contribution in [0.15, 0.2) is 0 Å². The highest BCUT2D eigenvalue weighted by atomic mass is 16.4. The topological polar surface area (TPSA) is 40.5 Å². The van der Waals surface area contributed by atoms with Gasteiger partial charge in [0.15, 0.2) is 0 Å². The number of carboxylic acid groups (broad SMARTS) is 1. The second kappa shape index (κ2) is 4.36. The summed E-state index contributed by atoms with van der Waals surface area (Å²) in [4.78, 5) is 13.8. The van der Waals surface area contributed by atoms with Gasteiger partial charge in [0, 0.05) is 12.6 Å². The zero-order valence-corrected chi connectivity index (χ0v) is 10.4. The van der Waals surface area contributed by atoms with Crippen molar-refractivity contribution in [2.24, 2.45) is 11.3 Å². The SMILES string of the molecule is CC(C)(C(=O)O)C1CCCN(C2CCC2)C1. The second-order valence-corrected chi connectivity index (χ2v) is 5.95. The van der Waals surface area contributed by atoms with Gasteiger partial charge in [-0.3, -0.25) is 4.79 Å². The Morgan fingerprint density at radius 1 is 1.25 bits per heavy atom. The fraction of sp³-hybridized carbons (Fsp3) is 0.923. The predicted molar refractivity (Wildman–Crippen MR) is 63.4 cm³/mol. The third-order valence-corrected chi connectivity index (χ3v) is 4.62. The highest BCUT2D eigenvalue weighted by Crippen LogP contribution is 2.37. The zero-order valence-electron chi connectivity index (χ0n) is 10.4. The lowest BCUT2D eigenvalue weighted by Gasteiger charge is -2.45. The molecule has 3 nitrogen and oxygen atoms in total. The number of carbonyl (C=O) groups is 1. The first-order valence-electron chi connectivity index (χ1n) is 6.49. The van der Waals surface area contributed by atoms with Crippen LogP contribution in [-0.4, -0.2) is 35.1 Å². The molecule has 1 unspecified atom stereocenters. The van der Waals surface area contributed by atoms with E-state index in [1.165, 1.54) is 25.8 Å². The van der Waals surface area contributed by atoms with Crippen LogP contribution in [0.1, 0.15) is 46.0 Å². The third-order valence-electron chi connectivity index (χ3n) is 4.62. The number of nitrogens with zero attached hydrogens (tertiary/aromatic N) is 1. The summed E-state index contributed by atoms with van der Waals surface area (Å²) < 4.78 is 0. The standard InChI is InChI=1S/C13H23NO2/c1-13(2,12(15)16)10-5-4-8-14(9-10)11-6-3-7-11/h10-11H,3-9H2,1-2H3,(H,15,16). The number of hydrogen-bond acceptors (Lipinski definition) is 2. The highest BCUT2D eigenvalue weighted by Gasteiger charge is 2.40. The molecule has 1 atom stereocenters. The molecule has 0 spiro atoms. The van der Waals surface area contributed by atoms with Crippen molar-refractivity contribution in [2.75, 3.05) is 13.1 Å². The molecule has 16 heavy (non-hydrogen) atoms. The van der Waals surface area contributed by atoms with E-state index >= 15 is 0 Å². The average Bonchev–Trinajstić information content (AvgIpc) is 2.15. The van der Waals surface area contributed by atoms with Crippen LogP contribution >= 0.6 is 0 Å². The summed E-state index contributed by atoms with van der Waals surface area (Å²) in [6.45, 7) is 5.93. The molecular formula is C13H23NO2. The van der Waals surface area contributed by atoms with Gasteiger partial charge in [-0.2, -0.15) is 0 Å². The Morgan fingerprint density at radius 2 is 1.94 bits per heavy atom. The van der Waals surface area contributed by atoms with Gasteiger partial charge in [-0.1, -0.05) is 6.42 Å². The number of aliphatic carboxylic acids is 1. The maximum Gasteiger partial charge on any atom is 0.309 e. The number of rotatable bonds is 3. The van der Waals surface area contributed by atoms with Crippen LogP contribution in [0.2, 0.25) is 0 Å². The number of likely N-dealkylation sites (tertiary alicyclic amines) is 1. The Kier molecular flexibility index (Phi) is 3.24. The molecule has 2 rings (SSSR count). The Balaban J connectivity index is 1.98. The van der Waals surface area contributed by atoms with Crippen LogP contribution in [0, 0.1) is 11.3 Å². The van der Waals surface area contributed by atoms with Gasteiger partial charge in [0.1, 0.15) is 0 Å². The van der Waals surface area contributed by atoms with Gasteiger partial charge >= 0.3 is 5.97 Å². The van der Waals surface area contributed by atoms with Gasteiger partial charge in [-0.15, -0.1) is 0 Å². The molecule has 1 saturated heterocycles. The van der Waals surface area contributed by atoms with Gasteiger partial charge in [0.05, 0.1) is 5.41 Å². The molecule has 2 aliphatic rings. The summed E-state index contributed by atoms with van der Waals surface area (Å²) in [5, 5.41) is 9.27. The first-order chi connectivity index (χ1) is 7.51. The Hall–Kier alpha value is -0.570. The summed E-state index contributed by atoms with van der Waals surface area (Å²) >= 11 is 0. The molecule has 1 N–H and O–H groups in total. The lowest BCUT2D eigenvalue weighted by Crippen LogP contribution is -2.50. The second-order valence-electron chi connectivity index (χ2n) is 5.95. The Morgan fingerprint density at radius 3 is 2.44 bits per heavy atom. The van der Waals surface area contributed by atoms with Crippen LogP contribution in [0.3, 0.4) is 0 Å². The summed E-state index contributed by atoms with van der Waals surface area (Å²) in [5.41, 5.74) is -0.567. The fourth-order valence-corrected chi connectivity index (χ4v) is 2.85. The summed E-state index contributed by atoms with van der Waals surface area (Å²) in [5.74, 6) is -0.327. The molecule has 1 aliphatic heterocycles. The van der Waals surface area contributed by atoms with Crippen LogP contribution in [0.25, 0.3) is 0 Å². The summed E-state index contributed by atoms with van der Waals surface area (Å²) in [7, 11) is 0. The summed E-state index contributed by atoms with van der Waals surface area (Å²) in [6.07, 6.45) is 6.23. The third kappa shape index (κ3) is 2.10. The molecule has 0 aromatic carbocycles. The van der Waals surface area contributed by atoms with Gasteiger partial charge in [0.2, 0.25) is 0 Å². The maximum absolute atomic E-state index is 11.3. The van der Waals surface area contributed by atoms with Gasteiger partial charge in [0.25, 0.3) is 0 Å². The van der Waals surface area contributed by atoms with E-state index < -0.39 is 11.4 Å². The smallest absolute Gasteiger partial charge is 0.309 e. The lowest BCUT2D eigenvalue weighted by molar-refractivity contribution is -0.151. The quantitative estimate of drug-likeness (QED) is 0.801. The van der Waals surface area contributed by atoms with E-state index in [-0.39, 0.29) is 0 Å². The Labute approximate surface area is 97.8 Å². The molecule has 0 aromatic heterocycles. The molecule has 1 heterocycles. The van der Waals surface area contributed by atoms with Gasteiger partial charge < -0.3 is 10.0 Å². The van der Waals surface area contributed by atoms with Crippen molar-refractivity contribution in [3.8, 4) is 0 Å². The van der Waals surface area contributed by atoms with Crippen LogP contribution in [-0.2, 0) is 4.79 Å². The molecule has 0 aromatic rings. The molecular weight excluding hydrogens is 202 g/mol. The van der Waals surface area contributed by atoms with Crippen molar-refractivity contribution in [1.29, 1.82) is 0 Å². The van der Waals surface area contributed by atoms with Crippen molar-refractivity contribution in [2.45, 2.75) is 52.0 Å². The zero-order chi connectivity index (χ0) is 11.8. The molecule has 0 amide bonds. The molecule has 92 valence electrons. The minimum Gasteiger partial charge on any atom is -0.481 e. The van der Waals surface area contributed by atoms with E-state index in [2.05, 4.69) is 4.90 Å². The Bertz CT molecular complexity index is 271. The number of carboxylic acids is 1. The van der Waals surface area contributed by atoms with Crippen molar-refractivity contribution in [1.82, 2.24) is 4.90 Å². The van der Waals surface area contributed by atoms with E-state index in [1.54, 1.807) is 0 Å². The average molecular weight is 225 g/mol. The van der Waals surface area contributed by atoms with E-state index in [0.29, 0.717) is 5.92 Å². The van der Waals surface area contributed by atoms with Crippen molar-refractivity contribution >= 4 is 5.97 Å². The predicted octanol–water partition coefficient (Wildman–Crippen LogP) is 2.36. The van der Waals surface area contributed by atoms with E-state index in [0.717, 1.165) is 25.4 Å². The first-order valence-corrected chi connectivity index (χ1v) is 6.49. The van der Waals surface area contributed by atoms with Crippen molar-refractivity contribution < 1.29 is 9.90 Å². The largest absolute Gasteiger partial charge is 0.481 e. The fourth-order valence-electron chi connectivity index (χ4n) is 2.85. The van der Waals surface area contributed by atoms with Crippen molar-refractivity contribution in [3.05, 3.63) is 0 Å². The first kappa shape index (κ1) is 11.9. The number of piperidine rings is 1. The molecule has 0 radical (unpaired) electrons. The normalized spacial score (nSPS) is 28.8. The lowest BCUT2D eigenvalue weighted by atomic mass is 9.74. The monoisotopic (exact) mass is 225 g/mol. The molecule has 3 heteroatoms. The van der Waals surface area contributed by atoms with Crippen LogP contribution in [0.4, 0.5) is 0 Å². The van der Waals surface area contributed by atoms with Gasteiger partial charge in [-0.25, -0.2) is 0 Å². The number of hydrogen-bond donors (Lipinski definition) is 1.